The van der Waals surface area contributed by atoms with Gasteiger partial charge in [0.05, 0.1) is 16.9 Å². The molecule has 0 atom stereocenters. The average molecular weight is 476 g/mol. The molecule has 4 N–H and O–H groups in total. The van der Waals surface area contributed by atoms with E-state index in [1.165, 1.54) is 0 Å². The van der Waals surface area contributed by atoms with E-state index in [2.05, 4.69) is 70.8 Å². The van der Waals surface area contributed by atoms with Crippen LogP contribution in [0.4, 0.5) is 5.82 Å². The SMILES string of the molecule is CN/C=C(\NC)c1cnc2cc(O)c(-c3ccc(N(C)C4CC(C)(C)NC(C)(C)C4)nn3)cc2c1. The second-order valence-corrected chi connectivity index (χ2v) is 10.7. The first-order valence-electron chi connectivity index (χ1n) is 12.1. The van der Waals surface area contributed by atoms with Gasteiger partial charge in [-0.1, -0.05) is 0 Å². The highest BCUT2D eigenvalue weighted by molar-refractivity contribution is 5.89. The number of benzene rings is 1. The predicted octanol–water partition coefficient (Wildman–Crippen LogP) is 3.88. The molecule has 4 rings (SSSR count). The van der Waals surface area contributed by atoms with Crippen molar-refractivity contribution in [3.05, 3.63) is 48.3 Å². The lowest BCUT2D eigenvalue weighted by molar-refractivity contribution is 0.160. The summed E-state index contributed by atoms with van der Waals surface area (Å²) < 4.78 is 0. The van der Waals surface area contributed by atoms with E-state index < -0.39 is 0 Å². The average Bonchev–Trinajstić information content (AvgIpc) is 2.79. The van der Waals surface area contributed by atoms with E-state index in [0.29, 0.717) is 17.3 Å². The number of aromatic nitrogens is 3. The van der Waals surface area contributed by atoms with Crippen molar-refractivity contribution in [3.8, 4) is 17.0 Å². The fraction of sp³-hybridized carbons (Fsp3) is 0.444. The summed E-state index contributed by atoms with van der Waals surface area (Å²) in [5.41, 5.74) is 3.94. The third-order valence-electron chi connectivity index (χ3n) is 6.67. The molecule has 3 heterocycles. The molecule has 3 aromatic rings. The molecular weight excluding hydrogens is 438 g/mol. The molecule has 35 heavy (non-hydrogen) atoms. The highest BCUT2D eigenvalue weighted by atomic mass is 16.3. The van der Waals surface area contributed by atoms with Crippen molar-refractivity contribution in [1.29, 1.82) is 0 Å². The molecule has 186 valence electrons. The first-order chi connectivity index (χ1) is 16.5. The van der Waals surface area contributed by atoms with Crippen molar-refractivity contribution in [3.63, 3.8) is 0 Å². The summed E-state index contributed by atoms with van der Waals surface area (Å²) in [6.45, 7) is 9.00. The maximum Gasteiger partial charge on any atom is 0.151 e. The number of aromatic hydroxyl groups is 1. The second-order valence-electron chi connectivity index (χ2n) is 10.7. The van der Waals surface area contributed by atoms with Gasteiger partial charge in [0.2, 0.25) is 0 Å². The third kappa shape index (κ3) is 5.32. The molecule has 8 nitrogen and oxygen atoms in total. The molecule has 0 unspecified atom stereocenters. The van der Waals surface area contributed by atoms with Crippen LogP contribution >= 0.6 is 0 Å². The molecule has 0 amide bonds. The minimum atomic E-state index is 0.0490. The van der Waals surface area contributed by atoms with Crippen LogP contribution in [0, 0.1) is 0 Å². The summed E-state index contributed by atoms with van der Waals surface area (Å²) in [5.74, 6) is 0.960. The van der Waals surface area contributed by atoms with Gasteiger partial charge in [-0.25, -0.2) is 0 Å². The molecule has 0 spiro atoms. The van der Waals surface area contributed by atoms with Crippen molar-refractivity contribution >= 4 is 22.4 Å². The Morgan fingerprint density at radius 1 is 1.09 bits per heavy atom. The van der Waals surface area contributed by atoms with E-state index in [1.54, 1.807) is 12.3 Å². The molecule has 0 radical (unpaired) electrons. The first-order valence-corrected chi connectivity index (χ1v) is 12.1. The van der Waals surface area contributed by atoms with Crippen molar-refractivity contribution in [2.24, 2.45) is 0 Å². The van der Waals surface area contributed by atoms with Gasteiger partial charge in [-0.05, 0) is 64.8 Å². The van der Waals surface area contributed by atoms with Crippen LogP contribution < -0.4 is 20.9 Å². The van der Waals surface area contributed by atoms with Gasteiger partial charge < -0.3 is 26.0 Å². The van der Waals surface area contributed by atoms with Crippen molar-refractivity contribution in [1.82, 2.24) is 31.1 Å². The Labute approximate surface area is 207 Å². The van der Waals surface area contributed by atoms with Crippen LogP contribution in [-0.2, 0) is 0 Å². The predicted molar refractivity (Wildman–Crippen MR) is 143 cm³/mol. The molecule has 0 aliphatic carbocycles. The molecule has 1 aliphatic rings. The summed E-state index contributed by atoms with van der Waals surface area (Å²) in [5, 5.41) is 30.6. The summed E-state index contributed by atoms with van der Waals surface area (Å²) in [7, 11) is 5.81. The number of phenols is 1. The van der Waals surface area contributed by atoms with Gasteiger partial charge in [-0.3, -0.25) is 4.98 Å². The number of nitrogens with zero attached hydrogens (tertiary/aromatic N) is 4. The fourth-order valence-electron chi connectivity index (χ4n) is 5.35. The van der Waals surface area contributed by atoms with Crippen molar-refractivity contribution in [2.75, 3.05) is 26.0 Å². The smallest absolute Gasteiger partial charge is 0.151 e. The van der Waals surface area contributed by atoms with Crippen LogP contribution in [0.1, 0.15) is 46.1 Å². The standard InChI is InChI=1S/C27H37N7O/c1-26(2)13-19(14-27(3,4)33-26)34(7)25-9-8-21(31-32-25)20-11-17-10-18(23(29-6)16-28-5)15-30-22(17)12-24(20)35/h8-12,15-16,19,28-29,33,35H,13-14H2,1-7H3/b23-16-. The van der Waals surface area contributed by atoms with Crippen LogP contribution in [0.5, 0.6) is 5.75 Å². The van der Waals surface area contributed by atoms with E-state index in [-0.39, 0.29) is 16.8 Å². The fourth-order valence-corrected chi connectivity index (χ4v) is 5.35. The lowest BCUT2D eigenvalue weighted by Gasteiger charge is -2.49. The van der Waals surface area contributed by atoms with Crippen molar-refractivity contribution in [2.45, 2.75) is 57.7 Å². The number of rotatable bonds is 6. The van der Waals surface area contributed by atoms with Gasteiger partial charge in [0.15, 0.2) is 5.82 Å². The summed E-state index contributed by atoms with van der Waals surface area (Å²) >= 11 is 0. The topological polar surface area (TPSA) is 98.2 Å². The normalized spacial score (nSPS) is 17.9. The van der Waals surface area contributed by atoms with Crippen LogP contribution in [0.2, 0.25) is 0 Å². The van der Waals surface area contributed by atoms with E-state index in [1.807, 2.05) is 44.6 Å². The quantitative estimate of drug-likeness (QED) is 0.426. The minimum Gasteiger partial charge on any atom is -0.507 e. The maximum atomic E-state index is 10.7. The number of fused-ring (bicyclic) bond motifs is 1. The van der Waals surface area contributed by atoms with Crippen LogP contribution in [-0.4, -0.2) is 58.6 Å². The van der Waals surface area contributed by atoms with E-state index in [0.717, 1.165) is 40.8 Å². The van der Waals surface area contributed by atoms with E-state index >= 15 is 0 Å². The Hall–Kier alpha value is -3.39. The highest BCUT2D eigenvalue weighted by Crippen LogP contribution is 2.35. The number of pyridine rings is 1. The molecule has 8 heteroatoms. The molecule has 1 aliphatic heterocycles. The number of piperidine rings is 1. The lowest BCUT2D eigenvalue weighted by Crippen LogP contribution is -2.62. The number of hydrogen-bond acceptors (Lipinski definition) is 8. The highest BCUT2D eigenvalue weighted by Gasteiger charge is 2.39. The molecule has 1 aromatic carbocycles. The van der Waals surface area contributed by atoms with Gasteiger partial charge in [0, 0.05) is 73.2 Å². The van der Waals surface area contributed by atoms with Gasteiger partial charge >= 0.3 is 0 Å². The number of phenolic OH excluding ortho intramolecular Hbond substituents is 1. The van der Waals surface area contributed by atoms with Gasteiger partial charge in [0.25, 0.3) is 0 Å². The number of anilines is 1. The molecule has 0 bridgehead atoms. The molecule has 1 saturated heterocycles. The Morgan fingerprint density at radius 3 is 2.40 bits per heavy atom. The maximum absolute atomic E-state index is 10.7. The zero-order valence-electron chi connectivity index (χ0n) is 21.8. The first kappa shape index (κ1) is 24.7. The van der Waals surface area contributed by atoms with Crippen molar-refractivity contribution < 1.29 is 5.11 Å². The summed E-state index contributed by atoms with van der Waals surface area (Å²) in [6, 6.07) is 9.90. The van der Waals surface area contributed by atoms with E-state index in [4.69, 9.17) is 0 Å². The third-order valence-corrected chi connectivity index (χ3v) is 6.67. The second kappa shape index (κ2) is 9.34. The molecular formula is C27H37N7O. The Bertz CT molecular complexity index is 1220. The van der Waals surface area contributed by atoms with Gasteiger partial charge in [-0.15, -0.1) is 10.2 Å². The van der Waals surface area contributed by atoms with Crippen LogP contribution in [0.25, 0.3) is 27.9 Å². The van der Waals surface area contributed by atoms with Crippen LogP contribution in [0.15, 0.2) is 42.7 Å². The zero-order chi connectivity index (χ0) is 25.4. The van der Waals surface area contributed by atoms with Gasteiger partial charge in [0.1, 0.15) is 5.75 Å². The molecule has 2 aromatic heterocycles. The minimum absolute atomic E-state index is 0.0490. The Balaban J connectivity index is 1.63. The molecule has 0 saturated carbocycles. The van der Waals surface area contributed by atoms with E-state index in [9.17, 15) is 5.11 Å². The largest absolute Gasteiger partial charge is 0.507 e. The zero-order valence-corrected chi connectivity index (χ0v) is 21.8. The summed E-state index contributed by atoms with van der Waals surface area (Å²) in [6.07, 6.45) is 5.71. The summed E-state index contributed by atoms with van der Waals surface area (Å²) in [4.78, 5) is 6.75. The number of hydrogen-bond donors (Lipinski definition) is 4. The Kier molecular flexibility index (Phi) is 6.60. The van der Waals surface area contributed by atoms with Crippen LogP contribution in [0.3, 0.4) is 0 Å². The lowest BCUT2D eigenvalue weighted by atomic mass is 9.79. The van der Waals surface area contributed by atoms with Gasteiger partial charge in [-0.2, -0.15) is 0 Å². The Morgan fingerprint density at radius 2 is 1.80 bits per heavy atom. The molecule has 1 fully saturated rings. The monoisotopic (exact) mass is 475 g/mol. The number of nitrogens with one attached hydrogen (secondary N) is 3.